The normalized spacial score (nSPS) is 14.0. The molecule has 0 spiro atoms. The molecule has 0 saturated heterocycles. The Morgan fingerprint density at radius 1 is 1.32 bits per heavy atom. The molecule has 0 saturated carbocycles. The summed E-state index contributed by atoms with van der Waals surface area (Å²) in [4.78, 5) is 25.5. The third kappa shape index (κ3) is 2.80. The number of thiophene rings is 1. The zero-order valence-corrected chi connectivity index (χ0v) is 16.5. The number of benzene rings is 1. The summed E-state index contributed by atoms with van der Waals surface area (Å²) < 4.78 is 0. The van der Waals surface area contributed by atoms with Crippen molar-refractivity contribution in [1.29, 1.82) is 0 Å². The number of hydrogen-bond acceptors (Lipinski definition) is 6. The zero-order chi connectivity index (χ0) is 19.3. The average molecular weight is 392 g/mol. The molecule has 1 aromatic carbocycles. The van der Waals surface area contributed by atoms with Crippen LogP contribution in [0, 0.1) is 5.92 Å². The molecule has 1 aliphatic heterocycles. The van der Waals surface area contributed by atoms with Crippen molar-refractivity contribution in [1.82, 2.24) is 25.1 Å². The lowest BCUT2D eigenvalue weighted by Gasteiger charge is -2.28. The molecule has 28 heavy (non-hydrogen) atoms. The van der Waals surface area contributed by atoms with Crippen LogP contribution in [0.2, 0.25) is 0 Å². The summed E-state index contributed by atoms with van der Waals surface area (Å²) in [5, 5.41) is 12.6. The Labute approximate surface area is 165 Å². The van der Waals surface area contributed by atoms with Crippen LogP contribution in [0.1, 0.15) is 24.3 Å². The number of hydrogen-bond donors (Lipinski definition) is 2. The van der Waals surface area contributed by atoms with E-state index < -0.39 is 0 Å². The van der Waals surface area contributed by atoms with Gasteiger partial charge in [0.15, 0.2) is 0 Å². The number of fused-ring (bicyclic) bond motifs is 4. The molecule has 142 valence electrons. The van der Waals surface area contributed by atoms with Gasteiger partial charge in [-0.05, 0) is 30.2 Å². The molecule has 4 aromatic rings. The Balaban J connectivity index is 1.52. The summed E-state index contributed by atoms with van der Waals surface area (Å²) in [6.07, 6.45) is 4.24. The SMILES string of the molecule is CC(C)C(=O)N1CCc2c(sc3ncnc(Nc4ccc5[nH]ncc5c4)c23)C1. The van der Waals surface area contributed by atoms with E-state index in [2.05, 4.69) is 31.5 Å². The van der Waals surface area contributed by atoms with Crippen molar-refractivity contribution < 1.29 is 4.79 Å². The smallest absolute Gasteiger partial charge is 0.225 e. The number of nitrogens with one attached hydrogen (secondary N) is 2. The number of amides is 1. The maximum atomic E-state index is 12.4. The molecule has 0 bridgehead atoms. The highest BCUT2D eigenvalue weighted by atomic mass is 32.1. The summed E-state index contributed by atoms with van der Waals surface area (Å²) >= 11 is 1.66. The van der Waals surface area contributed by atoms with Crippen LogP contribution in [-0.2, 0) is 17.8 Å². The Morgan fingerprint density at radius 2 is 2.21 bits per heavy atom. The molecule has 0 radical (unpaired) electrons. The molecule has 1 aliphatic rings. The van der Waals surface area contributed by atoms with Gasteiger partial charge in [-0.3, -0.25) is 9.89 Å². The van der Waals surface area contributed by atoms with Gasteiger partial charge < -0.3 is 10.2 Å². The molecule has 2 N–H and O–H groups in total. The monoisotopic (exact) mass is 392 g/mol. The first-order valence-corrected chi connectivity index (χ1v) is 10.2. The van der Waals surface area contributed by atoms with Crippen LogP contribution in [0.15, 0.2) is 30.7 Å². The molecule has 8 heteroatoms. The highest BCUT2D eigenvalue weighted by Crippen LogP contribution is 2.38. The van der Waals surface area contributed by atoms with Gasteiger partial charge in [-0.2, -0.15) is 5.10 Å². The predicted octanol–water partition coefficient (Wildman–Crippen LogP) is 3.85. The van der Waals surface area contributed by atoms with Crippen molar-refractivity contribution >= 4 is 49.9 Å². The third-order valence-electron chi connectivity index (χ3n) is 5.15. The first kappa shape index (κ1) is 17.1. The van der Waals surface area contributed by atoms with Crippen molar-refractivity contribution in [3.8, 4) is 0 Å². The van der Waals surface area contributed by atoms with Crippen molar-refractivity contribution in [2.75, 3.05) is 11.9 Å². The van der Waals surface area contributed by atoms with Gasteiger partial charge in [-0.1, -0.05) is 13.8 Å². The average Bonchev–Trinajstić information content (AvgIpc) is 3.30. The topological polar surface area (TPSA) is 86.8 Å². The number of H-pyrrole nitrogens is 1. The van der Waals surface area contributed by atoms with E-state index in [0.29, 0.717) is 6.54 Å². The Morgan fingerprint density at radius 3 is 3.07 bits per heavy atom. The Hall–Kier alpha value is -3.00. The minimum absolute atomic E-state index is 0.0192. The number of rotatable bonds is 3. The lowest BCUT2D eigenvalue weighted by Crippen LogP contribution is -2.37. The zero-order valence-electron chi connectivity index (χ0n) is 15.7. The van der Waals surface area contributed by atoms with Crippen LogP contribution in [0.25, 0.3) is 21.1 Å². The van der Waals surface area contributed by atoms with Gasteiger partial charge >= 0.3 is 0 Å². The minimum Gasteiger partial charge on any atom is -0.340 e. The minimum atomic E-state index is 0.0192. The number of anilines is 2. The second-order valence-corrected chi connectivity index (χ2v) is 8.45. The lowest BCUT2D eigenvalue weighted by molar-refractivity contribution is -0.135. The van der Waals surface area contributed by atoms with E-state index in [1.54, 1.807) is 17.7 Å². The van der Waals surface area contributed by atoms with Crippen molar-refractivity contribution in [3.05, 3.63) is 41.2 Å². The highest BCUT2D eigenvalue weighted by molar-refractivity contribution is 7.19. The van der Waals surface area contributed by atoms with E-state index in [1.807, 2.05) is 37.1 Å². The summed E-state index contributed by atoms with van der Waals surface area (Å²) in [5.74, 6) is 1.04. The number of aromatic nitrogens is 4. The van der Waals surface area contributed by atoms with Crippen LogP contribution in [-0.4, -0.2) is 37.5 Å². The van der Waals surface area contributed by atoms with Gasteiger partial charge in [-0.25, -0.2) is 9.97 Å². The van der Waals surface area contributed by atoms with Crippen LogP contribution < -0.4 is 5.32 Å². The van der Waals surface area contributed by atoms with Gasteiger partial charge in [0.25, 0.3) is 0 Å². The van der Waals surface area contributed by atoms with Gasteiger partial charge in [0.05, 0.1) is 23.6 Å². The first-order chi connectivity index (χ1) is 13.6. The Bertz CT molecular complexity index is 1190. The fraction of sp³-hybridized carbons (Fsp3) is 0.300. The molecular formula is C20H20N6OS. The van der Waals surface area contributed by atoms with Gasteiger partial charge in [-0.15, -0.1) is 11.3 Å². The lowest BCUT2D eigenvalue weighted by atomic mass is 10.0. The molecule has 5 rings (SSSR count). The molecule has 0 fully saturated rings. The van der Waals surface area contributed by atoms with Gasteiger partial charge in [0, 0.05) is 28.4 Å². The summed E-state index contributed by atoms with van der Waals surface area (Å²) in [6.45, 7) is 5.30. The molecular weight excluding hydrogens is 372 g/mol. The first-order valence-electron chi connectivity index (χ1n) is 9.34. The Kier molecular flexibility index (Phi) is 4.01. The quantitative estimate of drug-likeness (QED) is 0.553. The summed E-state index contributed by atoms with van der Waals surface area (Å²) in [7, 11) is 0. The molecule has 1 amide bonds. The predicted molar refractivity (Wildman–Crippen MR) is 111 cm³/mol. The van der Waals surface area contributed by atoms with Crippen LogP contribution in [0.3, 0.4) is 0 Å². The van der Waals surface area contributed by atoms with E-state index in [9.17, 15) is 4.79 Å². The number of aromatic amines is 1. The number of carbonyl (C=O) groups is 1. The fourth-order valence-corrected chi connectivity index (χ4v) is 4.94. The largest absolute Gasteiger partial charge is 0.340 e. The molecule has 0 unspecified atom stereocenters. The van der Waals surface area contributed by atoms with E-state index in [4.69, 9.17) is 0 Å². The standard InChI is InChI=1S/C20H20N6OS/c1-11(2)20(27)26-6-5-14-16(9-26)28-19-17(14)18(21-10-22-19)24-13-3-4-15-12(7-13)8-23-25-15/h3-4,7-8,10-11H,5-6,9H2,1-2H3,(H,23,25)(H,21,22,24). The second-order valence-electron chi connectivity index (χ2n) is 7.37. The number of nitrogens with zero attached hydrogens (tertiary/aromatic N) is 4. The maximum absolute atomic E-state index is 12.4. The van der Waals surface area contributed by atoms with Gasteiger partial charge in [0.2, 0.25) is 5.91 Å². The van der Waals surface area contributed by atoms with Crippen LogP contribution in [0.4, 0.5) is 11.5 Å². The summed E-state index contributed by atoms with van der Waals surface area (Å²) in [6, 6.07) is 6.06. The van der Waals surface area contributed by atoms with E-state index in [-0.39, 0.29) is 11.8 Å². The number of carbonyl (C=O) groups excluding carboxylic acids is 1. The maximum Gasteiger partial charge on any atom is 0.225 e. The molecule has 0 atom stereocenters. The van der Waals surface area contributed by atoms with Crippen LogP contribution in [0.5, 0.6) is 0 Å². The van der Waals surface area contributed by atoms with Gasteiger partial charge in [0.1, 0.15) is 17.0 Å². The fourth-order valence-electron chi connectivity index (χ4n) is 3.73. The van der Waals surface area contributed by atoms with Crippen molar-refractivity contribution in [2.45, 2.75) is 26.8 Å². The second kappa shape index (κ2) is 6.56. The third-order valence-corrected chi connectivity index (χ3v) is 6.27. The molecule has 4 heterocycles. The van der Waals surface area contributed by atoms with E-state index in [1.165, 1.54) is 10.4 Å². The van der Waals surface area contributed by atoms with E-state index in [0.717, 1.165) is 45.6 Å². The molecule has 0 aliphatic carbocycles. The molecule has 7 nitrogen and oxygen atoms in total. The van der Waals surface area contributed by atoms with E-state index >= 15 is 0 Å². The van der Waals surface area contributed by atoms with Crippen molar-refractivity contribution in [2.24, 2.45) is 5.92 Å². The molecule has 3 aromatic heterocycles. The summed E-state index contributed by atoms with van der Waals surface area (Å²) in [5.41, 5.74) is 3.22. The van der Waals surface area contributed by atoms with Crippen LogP contribution >= 0.6 is 11.3 Å². The highest BCUT2D eigenvalue weighted by Gasteiger charge is 2.27. The van der Waals surface area contributed by atoms with Crippen molar-refractivity contribution in [3.63, 3.8) is 0 Å².